The number of fused-ring (bicyclic) bond motifs is 1. The van der Waals surface area contributed by atoms with E-state index in [1.54, 1.807) is 6.08 Å². The quantitative estimate of drug-likeness (QED) is 0.792. The lowest BCUT2D eigenvalue weighted by Crippen LogP contribution is -2.37. The fraction of sp³-hybridized carbons (Fsp3) is 0.312. The van der Waals surface area contributed by atoms with Crippen molar-refractivity contribution in [3.8, 4) is 11.5 Å². The molecular formula is C16H16O6. The van der Waals surface area contributed by atoms with Crippen LogP contribution in [0.5, 0.6) is 11.5 Å². The van der Waals surface area contributed by atoms with Crippen LogP contribution >= 0.6 is 0 Å². The zero-order chi connectivity index (χ0) is 15.5. The molecule has 6 heteroatoms. The molecule has 0 fully saturated rings. The molecule has 0 saturated heterocycles. The number of carbonyl (C=O) groups excluding carboxylic acids is 1. The fourth-order valence-electron chi connectivity index (χ4n) is 2.38. The van der Waals surface area contributed by atoms with Gasteiger partial charge in [-0.1, -0.05) is 12.1 Å². The lowest BCUT2D eigenvalue weighted by atomic mass is 10.1. The van der Waals surface area contributed by atoms with Crippen molar-refractivity contribution in [2.24, 2.45) is 0 Å². The Morgan fingerprint density at radius 2 is 2.05 bits per heavy atom. The maximum Gasteiger partial charge on any atom is 0.334 e. The molecule has 1 aromatic rings. The molecule has 2 heterocycles. The lowest BCUT2D eigenvalue weighted by Gasteiger charge is -2.28. The Morgan fingerprint density at radius 1 is 1.23 bits per heavy atom. The average molecular weight is 304 g/mol. The Morgan fingerprint density at radius 3 is 2.82 bits per heavy atom. The lowest BCUT2D eigenvalue weighted by molar-refractivity contribution is -0.150. The number of esters is 1. The zero-order valence-corrected chi connectivity index (χ0v) is 12.3. The molecule has 2 atom stereocenters. The Kier molecular flexibility index (Phi) is 4.02. The second kappa shape index (κ2) is 6.11. The largest absolute Gasteiger partial charge is 0.498 e. The predicted molar refractivity (Wildman–Crippen MR) is 77.4 cm³/mol. The van der Waals surface area contributed by atoms with E-state index in [1.165, 1.54) is 20.3 Å². The van der Waals surface area contributed by atoms with Gasteiger partial charge in [-0.05, 0) is 23.8 Å². The molecule has 2 aliphatic rings. The van der Waals surface area contributed by atoms with E-state index in [2.05, 4.69) is 0 Å². The maximum absolute atomic E-state index is 11.6. The molecule has 0 N–H and O–H groups in total. The number of carbonyl (C=O) groups is 1. The third-order valence-corrected chi connectivity index (χ3v) is 3.46. The van der Waals surface area contributed by atoms with E-state index in [-0.39, 0.29) is 6.79 Å². The van der Waals surface area contributed by atoms with Gasteiger partial charge in [0.1, 0.15) is 5.76 Å². The number of hydrogen-bond acceptors (Lipinski definition) is 6. The molecule has 116 valence electrons. The van der Waals surface area contributed by atoms with Crippen molar-refractivity contribution in [1.29, 1.82) is 0 Å². The molecule has 0 spiro atoms. The minimum atomic E-state index is -0.553. The van der Waals surface area contributed by atoms with E-state index in [0.717, 1.165) is 11.3 Å². The molecule has 0 aromatic heterocycles. The Hall–Kier alpha value is -2.47. The van der Waals surface area contributed by atoms with Gasteiger partial charge >= 0.3 is 5.97 Å². The highest BCUT2D eigenvalue weighted by Gasteiger charge is 2.32. The number of methoxy groups -OCH3 is 2. The standard InChI is InChI=1S/C16H16O6/c1-18-14-8-15(17)22-12(16(14)19-2)6-4-10-3-5-11-13(7-10)21-9-20-11/h3-8,12,16H,9H2,1-2H3/b6-4+. The summed E-state index contributed by atoms with van der Waals surface area (Å²) in [6.45, 7) is 0.233. The number of rotatable bonds is 4. The van der Waals surface area contributed by atoms with Crippen molar-refractivity contribution < 1.29 is 28.5 Å². The molecule has 0 aliphatic carbocycles. The summed E-state index contributed by atoms with van der Waals surface area (Å²) < 4.78 is 26.4. The van der Waals surface area contributed by atoms with Crippen LogP contribution in [0.2, 0.25) is 0 Å². The van der Waals surface area contributed by atoms with Gasteiger partial charge in [0.2, 0.25) is 6.79 Å². The molecule has 1 aromatic carbocycles. The highest BCUT2D eigenvalue weighted by molar-refractivity contribution is 5.84. The molecule has 0 amide bonds. The molecule has 0 radical (unpaired) electrons. The predicted octanol–water partition coefficient (Wildman–Crippen LogP) is 1.90. The van der Waals surface area contributed by atoms with E-state index < -0.39 is 18.2 Å². The van der Waals surface area contributed by atoms with Crippen molar-refractivity contribution in [3.63, 3.8) is 0 Å². The summed E-state index contributed by atoms with van der Waals surface area (Å²) in [4.78, 5) is 11.6. The minimum Gasteiger partial charge on any atom is -0.498 e. The van der Waals surface area contributed by atoms with Crippen LogP contribution in [0, 0.1) is 0 Å². The van der Waals surface area contributed by atoms with Crippen molar-refractivity contribution in [2.45, 2.75) is 12.2 Å². The van der Waals surface area contributed by atoms with Crippen molar-refractivity contribution >= 4 is 12.0 Å². The third-order valence-electron chi connectivity index (χ3n) is 3.46. The summed E-state index contributed by atoms with van der Waals surface area (Å²) >= 11 is 0. The van der Waals surface area contributed by atoms with E-state index in [9.17, 15) is 4.79 Å². The number of hydrogen-bond donors (Lipinski definition) is 0. The molecule has 0 saturated carbocycles. The minimum absolute atomic E-state index is 0.233. The second-order valence-electron chi connectivity index (χ2n) is 4.78. The SMILES string of the molecule is COC1=CC(=O)OC(/C=C/c2ccc3c(c2)OCO3)C1OC. The molecule has 2 aliphatic heterocycles. The first kappa shape index (κ1) is 14.5. The molecular weight excluding hydrogens is 288 g/mol. The van der Waals surface area contributed by atoms with E-state index in [4.69, 9.17) is 23.7 Å². The van der Waals surface area contributed by atoms with E-state index in [0.29, 0.717) is 11.5 Å². The first-order chi connectivity index (χ1) is 10.7. The van der Waals surface area contributed by atoms with Gasteiger partial charge in [-0.25, -0.2) is 4.79 Å². The summed E-state index contributed by atoms with van der Waals surface area (Å²) in [5.41, 5.74) is 0.906. The Bertz CT molecular complexity index is 634. The van der Waals surface area contributed by atoms with Crippen LogP contribution in [0.15, 0.2) is 36.1 Å². The first-order valence-electron chi connectivity index (χ1n) is 6.78. The number of benzene rings is 1. The normalized spacial score (nSPS) is 23.4. The fourth-order valence-corrected chi connectivity index (χ4v) is 2.38. The highest BCUT2D eigenvalue weighted by atomic mass is 16.7. The zero-order valence-electron chi connectivity index (χ0n) is 12.3. The van der Waals surface area contributed by atoms with E-state index >= 15 is 0 Å². The van der Waals surface area contributed by atoms with Gasteiger partial charge in [-0.15, -0.1) is 0 Å². The molecule has 0 bridgehead atoms. The topological polar surface area (TPSA) is 63.2 Å². The van der Waals surface area contributed by atoms with Crippen LogP contribution in [0.3, 0.4) is 0 Å². The first-order valence-corrected chi connectivity index (χ1v) is 6.78. The van der Waals surface area contributed by atoms with Crippen LogP contribution in [-0.2, 0) is 19.0 Å². The summed E-state index contributed by atoms with van der Waals surface area (Å²) in [6, 6.07) is 5.59. The Balaban J connectivity index is 1.79. The smallest absolute Gasteiger partial charge is 0.334 e. The molecule has 3 rings (SSSR count). The van der Waals surface area contributed by atoms with Crippen molar-refractivity contribution in [2.75, 3.05) is 21.0 Å². The van der Waals surface area contributed by atoms with Crippen molar-refractivity contribution in [1.82, 2.24) is 0 Å². The maximum atomic E-state index is 11.6. The van der Waals surface area contributed by atoms with Crippen molar-refractivity contribution in [3.05, 3.63) is 41.7 Å². The van der Waals surface area contributed by atoms with Gasteiger partial charge in [0.25, 0.3) is 0 Å². The Labute approximate surface area is 127 Å². The van der Waals surface area contributed by atoms with Gasteiger partial charge in [0, 0.05) is 7.11 Å². The average Bonchev–Trinajstić information content (AvgIpc) is 2.99. The van der Waals surface area contributed by atoms with Crippen LogP contribution < -0.4 is 9.47 Å². The number of ether oxygens (including phenoxy) is 5. The second-order valence-corrected chi connectivity index (χ2v) is 4.78. The summed E-state index contributed by atoms with van der Waals surface area (Å²) in [6.07, 6.45) is 3.87. The summed E-state index contributed by atoms with van der Waals surface area (Å²) in [5.74, 6) is 1.41. The monoisotopic (exact) mass is 304 g/mol. The van der Waals surface area contributed by atoms with Gasteiger partial charge in [0.05, 0.1) is 13.2 Å². The van der Waals surface area contributed by atoms with Gasteiger partial charge in [-0.3, -0.25) is 0 Å². The van der Waals surface area contributed by atoms with E-state index in [1.807, 2.05) is 24.3 Å². The van der Waals surface area contributed by atoms with Crippen LogP contribution in [0.4, 0.5) is 0 Å². The summed E-state index contributed by atoms with van der Waals surface area (Å²) in [7, 11) is 3.03. The van der Waals surface area contributed by atoms with Gasteiger partial charge < -0.3 is 23.7 Å². The highest BCUT2D eigenvalue weighted by Crippen LogP contribution is 2.33. The van der Waals surface area contributed by atoms with Gasteiger partial charge in [0.15, 0.2) is 23.7 Å². The van der Waals surface area contributed by atoms with Crippen LogP contribution in [0.25, 0.3) is 6.08 Å². The molecule has 2 unspecified atom stereocenters. The summed E-state index contributed by atoms with van der Waals surface area (Å²) in [5, 5.41) is 0. The molecule has 22 heavy (non-hydrogen) atoms. The third kappa shape index (κ3) is 2.78. The van der Waals surface area contributed by atoms with Gasteiger partial charge in [-0.2, -0.15) is 0 Å². The molecule has 6 nitrogen and oxygen atoms in total. The number of cyclic esters (lactones) is 1. The van der Waals surface area contributed by atoms with Crippen LogP contribution in [0.1, 0.15) is 5.56 Å². The van der Waals surface area contributed by atoms with Crippen LogP contribution in [-0.4, -0.2) is 39.2 Å².